The number of anilines is 1. The van der Waals surface area contributed by atoms with E-state index in [-0.39, 0.29) is 0 Å². The average molecular weight is 312 g/mol. The van der Waals surface area contributed by atoms with Crippen LogP contribution < -0.4 is 5.73 Å². The van der Waals surface area contributed by atoms with Gasteiger partial charge in [-0.15, -0.1) is 5.10 Å². The van der Waals surface area contributed by atoms with E-state index in [2.05, 4.69) is 31.5 Å². The first-order chi connectivity index (χ1) is 8.74. The number of hydrogen-bond donors (Lipinski definition) is 1. The van der Waals surface area contributed by atoms with E-state index in [1.165, 1.54) is 0 Å². The molecule has 6 nitrogen and oxygen atoms in total. The summed E-state index contributed by atoms with van der Waals surface area (Å²) in [7, 11) is 0. The zero-order valence-corrected chi connectivity index (χ0v) is 11.6. The third-order valence-corrected chi connectivity index (χ3v) is 3.34. The molecule has 0 aliphatic carbocycles. The molecule has 18 heavy (non-hydrogen) atoms. The minimum atomic E-state index is 0.578. The number of nitrogens with zero attached hydrogens (tertiary/aromatic N) is 4. The average Bonchev–Trinajstić information content (AvgIpc) is 2.81. The van der Waals surface area contributed by atoms with Gasteiger partial charge in [-0.1, -0.05) is 6.07 Å². The fourth-order valence-electron chi connectivity index (χ4n) is 1.57. The predicted octanol–water partition coefficient (Wildman–Crippen LogP) is 1.72. The van der Waals surface area contributed by atoms with Crippen LogP contribution in [0.4, 0.5) is 5.69 Å². The molecule has 0 saturated carbocycles. The standard InChI is InChI=1S/C11H14BrN5O/c1-2-18-7-6-17-11(14-15-16-17)8-4-3-5-9(13)10(8)12/h3-5H,2,6-7,13H2,1H3. The van der Waals surface area contributed by atoms with Crippen molar-refractivity contribution in [2.24, 2.45) is 0 Å². The molecule has 96 valence electrons. The number of aromatic nitrogens is 4. The number of benzene rings is 1. The highest BCUT2D eigenvalue weighted by Gasteiger charge is 2.13. The largest absolute Gasteiger partial charge is 0.398 e. The number of nitrogens with two attached hydrogens (primary N) is 1. The van der Waals surface area contributed by atoms with Crippen LogP contribution >= 0.6 is 15.9 Å². The summed E-state index contributed by atoms with van der Waals surface area (Å²) >= 11 is 3.45. The minimum absolute atomic E-state index is 0.578. The predicted molar refractivity (Wildman–Crippen MR) is 71.9 cm³/mol. The number of halogens is 1. The Morgan fingerprint density at radius 3 is 3.06 bits per heavy atom. The molecular formula is C11H14BrN5O. The molecule has 0 bridgehead atoms. The third-order valence-electron chi connectivity index (χ3n) is 2.45. The first kappa shape index (κ1) is 13.0. The van der Waals surface area contributed by atoms with Crippen molar-refractivity contribution >= 4 is 21.6 Å². The molecule has 0 spiro atoms. The van der Waals surface area contributed by atoms with Crippen molar-refractivity contribution in [1.82, 2.24) is 20.2 Å². The number of nitrogen functional groups attached to an aromatic ring is 1. The first-order valence-electron chi connectivity index (χ1n) is 5.62. The molecule has 1 heterocycles. The highest BCUT2D eigenvalue weighted by molar-refractivity contribution is 9.10. The molecule has 2 rings (SSSR count). The van der Waals surface area contributed by atoms with Gasteiger partial charge in [-0.05, 0) is 45.4 Å². The second-order valence-corrected chi connectivity index (χ2v) is 4.42. The lowest BCUT2D eigenvalue weighted by molar-refractivity contribution is 0.136. The van der Waals surface area contributed by atoms with Crippen molar-refractivity contribution in [3.05, 3.63) is 22.7 Å². The lowest BCUT2D eigenvalue weighted by atomic mass is 10.2. The van der Waals surface area contributed by atoms with Gasteiger partial charge in [0.25, 0.3) is 0 Å². The zero-order valence-electron chi connectivity index (χ0n) is 10.0. The maximum Gasteiger partial charge on any atom is 0.183 e. The Kier molecular flexibility index (Phi) is 4.27. The van der Waals surface area contributed by atoms with Crippen LogP contribution in [0.2, 0.25) is 0 Å². The van der Waals surface area contributed by atoms with E-state index in [1.54, 1.807) is 4.68 Å². The molecule has 0 saturated heterocycles. The summed E-state index contributed by atoms with van der Waals surface area (Å²) in [6.07, 6.45) is 0. The Morgan fingerprint density at radius 2 is 2.28 bits per heavy atom. The van der Waals surface area contributed by atoms with Gasteiger partial charge in [0.1, 0.15) is 0 Å². The minimum Gasteiger partial charge on any atom is -0.398 e. The van der Waals surface area contributed by atoms with Crippen molar-refractivity contribution in [3.8, 4) is 11.4 Å². The maximum absolute atomic E-state index is 5.85. The van der Waals surface area contributed by atoms with Gasteiger partial charge in [-0.2, -0.15) is 0 Å². The van der Waals surface area contributed by atoms with Crippen LogP contribution in [-0.2, 0) is 11.3 Å². The van der Waals surface area contributed by atoms with Crippen molar-refractivity contribution < 1.29 is 4.74 Å². The Labute approximate surface area is 113 Å². The van der Waals surface area contributed by atoms with Crippen LogP contribution in [0.25, 0.3) is 11.4 Å². The van der Waals surface area contributed by atoms with Crippen molar-refractivity contribution in [2.45, 2.75) is 13.5 Å². The van der Waals surface area contributed by atoms with Crippen LogP contribution in [0.1, 0.15) is 6.92 Å². The molecule has 7 heteroatoms. The molecule has 2 N–H and O–H groups in total. The van der Waals surface area contributed by atoms with Crippen LogP contribution in [0.15, 0.2) is 22.7 Å². The summed E-state index contributed by atoms with van der Waals surface area (Å²) in [5, 5.41) is 11.7. The molecule has 0 aliphatic heterocycles. The molecule has 0 unspecified atom stereocenters. The van der Waals surface area contributed by atoms with Crippen LogP contribution in [0.3, 0.4) is 0 Å². The molecule has 0 fully saturated rings. The summed E-state index contributed by atoms with van der Waals surface area (Å²) < 4.78 is 7.81. The Bertz CT molecular complexity index is 528. The van der Waals surface area contributed by atoms with Crippen molar-refractivity contribution in [3.63, 3.8) is 0 Å². The molecule has 1 aromatic heterocycles. The van der Waals surface area contributed by atoms with Gasteiger partial charge in [0.2, 0.25) is 0 Å². The Hall–Kier alpha value is -1.47. The van der Waals surface area contributed by atoms with Gasteiger partial charge in [0.05, 0.1) is 17.6 Å². The van der Waals surface area contributed by atoms with E-state index in [1.807, 2.05) is 25.1 Å². The van der Waals surface area contributed by atoms with Crippen molar-refractivity contribution in [2.75, 3.05) is 18.9 Å². The molecule has 0 radical (unpaired) electrons. The SMILES string of the molecule is CCOCCn1nnnc1-c1cccc(N)c1Br. The first-order valence-corrected chi connectivity index (χ1v) is 6.41. The number of tetrazole rings is 1. The van der Waals surface area contributed by atoms with Gasteiger partial charge < -0.3 is 10.5 Å². The summed E-state index contributed by atoms with van der Waals surface area (Å²) in [6, 6.07) is 5.61. The highest BCUT2D eigenvalue weighted by atomic mass is 79.9. The van der Waals surface area contributed by atoms with Gasteiger partial charge in [0, 0.05) is 17.9 Å². The van der Waals surface area contributed by atoms with Gasteiger partial charge in [-0.3, -0.25) is 0 Å². The summed E-state index contributed by atoms with van der Waals surface area (Å²) in [5.74, 6) is 0.675. The van der Waals surface area contributed by atoms with Crippen molar-refractivity contribution in [1.29, 1.82) is 0 Å². The van der Waals surface area contributed by atoms with E-state index < -0.39 is 0 Å². The van der Waals surface area contributed by atoms with Crippen LogP contribution in [-0.4, -0.2) is 33.4 Å². The van der Waals surface area contributed by atoms with E-state index in [0.717, 1.165) is 10.0 Å². The second-order valence-electron chi connectivity index (χ2n) is 3.63. The van der Waals surface area contributed by atoms with E-state index in [0.29, 0.717) is 31.3 Å². The van der Waals surface area contributed by atoms with E-state index in [4.69, 9.17) is 10.5 Å². The lowest BCUT2D eigenvalue weighted by Crippen LogP contribution is -2.09. The van der Waals surface area contributed by atoms with Crippen LogP contribution in [0.5, 0.6) is 0 Å². The Morgan fingerprint density at radius 1 is 1.44 bits per heavy atom. The fraction of sp³-hybridized carbons (Fsp3) is 0.364. The molecule has 2 aromatic rings. The molecule has 1 aromatic carbocycles. The van der Waals surface area contributed by atoms with Gasteiger partial charge >= 0.3 is 0 Å². The quantitative estimate of drug-likeness (QED) is 0.672. The summed E-state index contributed by atoms with van der Waals surface area (Å²) in [6.45, 7) is 3.82. The maximum atomic E-state index is 5.85. The Balaban J connectivity index is 2.28. The number of ether oxygens (including phenoxy) is 1. The summed E-state index contributed by atoms with van der Waals surface area (Å²) in [4.78, 5) is 0. The van der Waals surface area contributed by atoms with E-state index in [9.17, 15) is 0 Å². The zero-order chi connectivity index (χ0) is 13.0. The normalized spacial score (nSPS) is 10.8. The summed E-state index contributed by atoms with van der Waals surface area (Å²) in [5.41, 5.74) is 7.38. The molecule has 0 atom stereocenters. The highest BCUT2D eigenvalue weighted by Crippen LogP contribution is 2.30. The topological polar surface area (TPSA) is 78.8 Å². The number of rotatable bonds is 5. The molecule has 0 amide bonds. The van der Waals surface area contributed by atoms with Crippen LogP contribution in [0, 0.1) is 0 Å². The second kappa shape index (κ2) is 5.92. The lowest BCUT2D eigenvalue weighted by Gasteiger charge is -2.07. The van der Waals surface area contributed by atoms with E-state index >= 15 is 0 Å². The van der Waals surface area contributed by atoms with Gasteiger partial charge in [0.15, 0.2) is 5.82 Å². The van der Waals surface area contributed by atoms with Gasteiger partial charge in [-0.25, -0.2) is 4.68 Å². The molecule has 0 aliphatic rings. The fourth-order valence-corrected chi connectivity index (χ4v) is 2.01. The monoisotopic (exact) mass is 311 g/mol. The third kappa shape index (κ3) is 2.68. The smallest absolute Gasteiger partial charge is 0.183 e. The molecular weight excluding hydrogens is 298 g/mol. The number of hydrogen-bond acceptors (Lipinski definition) is 5.